The highest BCUT2D eigenvalue weighted by Crippen LogP contribution is 2.23. The number of carbonyl (C=O) groups is 2. The zero-order chi connectivity index (χ0) is 19.3. The predicted octanol–water partition coefficient (Wildman–Crippen LogP) is 1.74. The molecular formula is C21H32N3O3+. The Morgan fingerprint density at radius 1 is 1.07 bits per heavy atom. The van der Waals surface area contributed by atoms with E-state index in [1.54, 1.807) is 7.11 Å². The highest BCUT2D eigenvalue weighted by molar-refractivity contribution is 6.06. The number of ether oxygens (including phenoxy) is 1. The van der Waals surface area contributed by atoms with E-state index in [0.717, 1.165) is 30.8 Å². The van der Waals surface area contributed by atoms with Crippen LogP contribution in [-0.4, -0.2) is 49.2 Å². The molecule has 0 aliphatic carbocycles. The molecule has 2 heterocycles. The van der Waals surface area contributed by atoms with E-state index in [1.165, 1.54) is 41.9 Å². The van der Waals surface area contributed by atoms with Gasteiger partial charge in [-0.25, -0.2) is 9.69 Å². The van der Waals surface area contributed by atoms with Crippen LogP contribution in [0.3, 0.4) is 0 Å². The van der Waals surface area contributed by atoms with Gasteiger partial charge in [-0.05, 0) is 63.1 Å². The molecule has 1 atom stereocenters. The minimum absolute atomic E-state index is 0.0874. The zero-order valence-electron chi connectivity index (χ0n) is 16.6. The van der Waals surface area contributed by atoms with Crippen LogP contribution < -0.4 is 15.0 Å². The molecule has 2 fully saturated rings. The van der Waals surface area contributed by atoms with E-state index in [2.05, 4.69) is 5.32 Å². The van der Waals surface area contributed by atoms with Crippen LogP contribution >= 0.6 is 0 Å². The summed E-state index contributed by atoms with van der Waals surface area (Å²) in [7, 11) is 1.64. The number of aryl methyl sites for hydroxylation is 1. The van der Waals surface area contributed by atoms with Crippen LogP contribution in [0.2, 0.25) is 0 Å². The van der Waals surface area contributed by atoms with E-state index in [4.69, 9.17) is 4.74 Å². The lowest BCUT2D eigenvalue weighted by molar-refractivity contribution is -0.908. The second-order valence-electron chi connectivity index (χ2n) is 8.02. The van der Waals surface area contributed by atoms with Crippen LogP contribution in [0.5, 0.6) is 5.75 Å². The Morgan fingerprint density at radius 3 is 2.33 bits per heavy atom. The van der Waals surface area contributed by atoms with Crippen molar-refractivity contribution in [3.63, 3.8) is 0 Å². The number of rotatable bonds is 6. The maximum absolute atomic E-state index is 13.0. The van der Waals surface area contributed by atoms with Gasteiger partial charge in [0.2, 0.25) is 0 Å². The lowest BCUT2D eigenvalue weighted by atomic mass is 9.93. The number of benzene rings is 1. The smallest absolute Gasteiger partial charge is 0.329 e. The van der Waals surface area contributed by atoms with E-state index in [9.17, 15) is 9.59 Å². The number of amides is 3. The van der Waals surface area contributed by atoms with Gasteiger partial charge in [0.05, 0.1) is 20.2 Å². The quantitative estimate of drug-likeness (QED) is 0.746. The summed E-state index contributed by atoms with van der Waals surface area (Å²) in [5.41, 5.74) is 0.311. The first kappa shape index (κ1) is 19.7. The largest absolute Gasteiger partial charge is 0.497 e. The summed E-state index contributed by atoms with van der Waals surface area (Å²) in [6.45, 7) is 4.42. The average molecular weight is 375 g/mol. The normalized spacial score (nSPS) is 24.4. The van der Waals surface area contributed by atoms with Gasteiger partial charge in [-0.2, -0.15) is 0 Å². The number of hydrogen-bond donors (Lipinski definition) is 2. The lowest BCUT2D eigenvalue weighted by Crippen LogP contribution is -3.13. The predicted molar refractivity (Wildman–Crippen MR) is 104 cm³/mol. The molecule has 6 heteroatoms. The number of carbonyl (C=O) groups excluding carboxylic acids is 2. The van der Waals surface area contributed by atoms with Gasteiger partial charge in [-0.3, -0.25) is 4.79 Å². The number of imide groups is 1. The monoisotopic (exact) mass is 374 g/mol. The first-order valence-electron chi connectivity index (χ1n) is 10.1. The van der Waals surface area contributed by atoms with Crippen LogP contribution in [0, 0.1) is 0 Å². The lowest BCUT2D eigenvalue weighted by Gasteiger charge is -2.26. The standard InChI is InChI=1S/C21H31N3O3/c1-21(13-12-17-8-10-18(27-2)11-9-17)19(25)24(20(26)22-21)16-23-14-6-4-3-5-7-15-23/h8-11H,3-7,12-16H2,1-2H3,(H,22,26)/p+1/t21-/m0/s1. The molecule has 0 saturated carbocycles. The molecule has 1 aromatic rings. The van der Waals surface area contributed by atoms with E-state index in [-0.39, 0.29) is 11.9 Å². The summed E-state index contributed by atoms with van der Waals surface area (Å²) in [5, 5.41) is 2.94. The Morgan fingerprint density at radius 2 is 1.70 bits per heavy atom. The first-order valence-corrected chi connectivity index (χ1v) is 10.1. The first-order chi connectivity index (χ1) is 13.0. The molecular weight excluding hydrogens is 342 g/mol. The number of likely N-dealkylation sites (tertiary alicyclic amines) is 1. The molecule has 0 spiro atoms. The van der Waals surface area contributed by atoms with Gasteiger partial charge in [0, 0.05) is 0 Å². The molecule has 2 aliphatic rings. The SMILES string of the molecule is COc1ccc(CC[C@]2(C)NC(=O)N(C[NH+]3CCCCCCC3)C2=O)cc1. The molecule has 3 rings (SSSR count). The van der Waals surface area contributed by atoms with Crippen molar-refractivity contribution >= 4 is 11.9 Å². The Labute approximate surface area is 161 Å². The molecule has 148 valence electrons. The number of urea groups is 1. The molecule has 2 aliphatic heterocycles. The summed E-state index contributed by atoms with van der Waals surface area (Å²) >= 11 is 0. The molecule has 6 nitrogen and oxygen atoms in total. The fraction of sp³-hybridized carbons (Fsp3) is 0.619. The van der Waals surface area contributed by atoms with Gasteiger partial charge in [0.1, 0.15) is 11.3 Å². The van der Waals surface area contributed by atoms with Gasteiger partial charge in [0.15, 0.2) is 6.67 Å². The third-order valence-corrected chi connectivity index (χ3v) is 5.86. The van der Waals surface area contributed by atoms with Crippen LogP contribution in [0.15, 0.2) is 24.3 Å². The maximum Gasteiger partial charge on any atom is 0.329 e. The average Bonchev–Trinajstić information content (AvgIpc) is 2.85. The number of nitrogens with one attached hydrogen (secondary N) is 2. The van der Waals surface area contributed by atoms with Gasteiger partial charge in [-0.1, -0.05) is 18.6 Å². The molecule has 2 saturated heterocycles. The molecule has 0 bridgehead atoms. The van der Waals surface area contributed by atoms with E-state index in [0.29, 0.717) is 13.1 Å². The number of hydrogen-bond acceptors (Lipinski definition) is 3. The Balaban J connectivity index is 1.59. The molecule has 1 aromatic carbocycles. The van der Waals surface area contributed by atoms with Crippen molar-refractivity contribution in [1.29, 1.82) is 0 Å². The second-order valence-corrected chi connectivity index (χ2v) is 8.02. The van der Waals surface area contributed by atoms with Crippen molar-refractivity contribution in [1.82, 2.24) is 10.2 Å². The van der Waals surface area contributed by atoms with Gasteiger partial charge in [0.25, 0.3) is 5.91 Å². The highest BCUT2D eigenvalue weighted by Gasteiger charge is 2.48. The molecule has 0 aromatic heterocycles. The zero-order valence-corrected chi connectivity index (χ0v) is 16.6. The van der Waals surface area contributed by atoms with Crippen molar-refractivity contribution < 1.29 is 19.2 Å². The molecule has 2 N–H and O–H groups in total. The molecule has 0 unspecified atom stereocenters. The molecule has 27 heavy (non-hydrogen) atoms. The minimum Gasteiger partial charge on any atom is -0.497 e. The fourth-order valence-corrected chi connectivity index (χ4v) is 4.03. The van der Waals surface area contributed by atoms with Crippen molar-refractivity contribution in [2.24, 2.45) is 0 Å². The molecule has 0 radical (unpaired) electrons. The third kappa shape index (κ3) is 4.80. The number of nitrogens with zero attached hydrogens (tertiary/aromatic N) is 1. The van der Waals surface area contributed by atoms with Gasteiger partial charge < -0.3 is 15.0 Å². The van der Waals surface area contributed by atoms with Crippen LogP contribution in [-0.2, 0) is 11.2 Å². The van der Waals surface area contributed by atoms with Crippen LogP contribution in [0.4, 0.5) is 4.79 Å². The van der Waals surface area contributed by atoms with Crippen LogP contribution in [0.1, 0.15) is 51.0 Å². The third-order valence-electron chi connectivity index (χ3n) is 5.86. The molecule has 3 amide bonds. The van der Waals surface area contributed by atoms with Crippen molar-refractivity contribution in [2.75, 3.05) is 26.9 Å². The minimum atomic E-state index is -0.820. The second kappa shape index (κ2) is 8.74. The van der Waals surface area contributed by atoms with E-state index >= 15 is 0 Å². The van der Waals surface area contributed by atoms with E-state index in [1.807, 2.05) is 31.2 Å². The van der Waals surface area contributed by atoms with Gasteiger partial charge >= 0.3 is 6.03 Å². The number of methoxy groups -OCH3 is 1. The Hall–Kier alpha value is -2.08. The Kier molecular flexibility index (Phi) is 6.37. The summed E-state index contributed by atoms with van der Waals surface area (Å²) in [6, 6.07) is 7.61. The fourth-order valence-electron chi connectivity index (χ4n) is 4.03. The van der Waals surface area contributed by atoms with Crippen molar-refractivity contribution in [3.8, 4) is 5.75 Å². The topological polar surface area (TPSA) is 63.1 Å². The highest BCUT2D eigenvalue weighted by atomic mass is 16.5. The Bertz CT molecular complexity index is 653. The number of quaternary nitrogens is 1. The van der Waals surface area contributed by atoms with Crippen LogP contribution in [0.25, 0.3) is 0 Å². The van der Waals surface area contributed by atoms with Gasteiger partial charge in [-0.15, -0.1) is 0 Å². The summed E-state index contributed by atoms with van der Waals surface area (Å²) in [4.78, 5) is 28.3. The van der Waals surface area contributed by atoms with Crippen molar-refractivity contribution in [3.05, 3.63) is 29.8 Å². The summed E-state index contributed by atoms with van der Waals surface area (Å²) in [5.74, 6) is 0.730. The van der Waals surface area contributed by atoms with Crippen molar-refractivity contribution in [2.45, 2.75) is 57.4 Å². The summed E-state index contributed by atoms with van der Waals surface area (Å²) in [6.07, 6.45) is 7.49. The van der Waals surface area contributed by atoms with E-state index < -0.39 is 5.54 Å². The maximum atomic E-state index is 13.0. The summed E-state index contributed by atoms with van der Waals surface area (Å²) < 4.78 is 5.18.